The van der Waals surface area contributed by atoms with Gasteiger partial charge < -0.3 is 4.74 Å². The molecule has 0 amide bonds. The molecule has 0 saturated heterocycles. The van der Waals surface area contributed by atoms with E-state index in [2.05, 4.69) is 11.3 Å². The van der Waals surface area contributed by atoms with Crippen molar-refractivity contribution in [3.05, 3.63) is 36.0 Å². The van der Waals surface area contributed by atoms with E-state index in [0.717, 1.165) is 12.0 Å². The number of hydrogen-bond acceptors (Lipinski definition) is 2. The maximum absolute atomic E-state index is 10.9. The van der Waals surface area contributed by atoms with Gasteiger partial charge in [-0.1, -0.05) is 24.8 Å². The third kappa shape index (κ3) is 1.58. The van der Waals surface area contributed by atoms with E-state index in [1.165, 1.54) is 7.11 Å². The van der Waals surface area contributed by atoms with Crippen molar-refractivity contribution in [3.8, 4) is 0 Å². The highest BCUT2D eigenvalue weighted by atomic mass is 16.5. The summed E-state index contributed by atoms with van der Waals surface area (Å²) in [6, 6.07) is 0. The zero-order chi connectivity index (χ0) is 8.27. The molecule has 2 nitrogen and oxygen atoms in total. The average molecular weight is 150 g/mol. The Hall–Kier alpha value is -1.31. The standard InChI is InChI=1S/C9H10O2/c1-7(9(10)11-2)8-5-3-4-6-8/h3-5H,1,6H2,2H3. The maximum Gasteiger partial charge on any atom is 0.337 e. The molecule has 0 aromatic rings. The Morgan fingerprint density at radius 1 is 1.73 bits per heavy atom. The summed E-state index contributed by atoms with van der Waals surface area (Å²) in [5.41, 5.74) is 1.40. The minimum atomic E-state index is -0.347. The Kier molecular flexibility index (Phi) is 2.26. The van der Waals surface area contributed by atoms with E-state index in [4.69, 9.17) is 0 Å². The Morgan fingerprint density at radius 2 is 2.45 bits per heavy atom. The Bertz CT molecular complexity index is 246. The monoisotopic (exact) mass is 150 g/mol. The van der Waals surface area contributed by atoms with Gasteiger partial charge in [-0.2, -0.15) is 0 Å². The predicted octanol–water partition coefficient (Wildman–Crippen LogP) is 1.60. The van der Waals surface area contributed by atoms with Gasteiger partial charge in [0, 0.05) is 0 Å². The number of carbonyl (C=O) groups is 1. The highest BCUT2D eigenvalue weighted by molar-refractivity contribution is 5.92. The molecule has 0 bridgehead atoms. The van der Waals surface area contributed by atoms with Crippen molar-refractivity contribution in [2.45, 2.75) is 6.42 Å². The van der Waals surface area contributed by atoms with Crippen LogP contribution in [0.1, 0.15) is 6.42 Å². The lowest BCUT2D eigenvalue weighted by Gasteiger charge is -2.02. The van der Waals surface area contributed by atoms with Gasteiger partial charge in [0.2, 0.25) is 0 Å². The lowest BCUT2D eigenvalue weighted by Crippen LogP contribution is -2.04. The van der Waals surface area contributed by atoms with Crippen molar-refractivity contribution in [1.82, 2.24) is 0 Å². The van der Waals surface area contributed by atoms with Gasteiger partial charge in [-0.25, -0.2) is 4.79 Å². The van der Waals surface area contributed by atoms with E-state index in [1.807, 2.05) is 18.2 Å². The summed E-state index contributed by atoms with van der Waals surface area (Å²) in [4.78, 5) is 10.9. The van der Waals surface area contributed by atoms with Crippen molar-refractivity contribution < 1.29 is 9.53 Å². The summed E-state index contributed by atoms with van der Waals surface area (Å²) < 4.78 is 4.52. The highest BCUT2D eigenvalue weighted by Crippen LogP contribution is 2.18. The molecule has 0 radical (unpaired) electrons. The third-order valence-electron chi connectivity index (χ3n) is 1.59. The summed E-state index contributed by atoms with van der Waals surface area (Å²) in [6.45, 7) is 3.62. The maximum atomic E-state index is 10.9. The quantitative estimate of drug-likeness (QED) is 0.441. The predicted molar refractivity (Wildman–Crippen MR) is 43.0 cm³/mol. The SMILES string of the molecule is C=C(C(=O)OC)C1=CC=CC1. The Labute approximate surface area is 65.9 Å². The van der Waals surface area contributed by atoms with E-state index in [1.54, 1.807) is 0 Å². The van der Waals surface area contributed by atoms with Crippen molar-refractivity contribution in [2.75, 3.05) is 7.11 Å². The molecule has 11 heavy (non-hydrogen) atoms. The van der Waals surface area contributed by atoms with Gasteiger partial charge in [0.05, 0.1) is 12.7 Å². The van der Waals surface area contributed by atoms with Crippen LogP contribution in [-0.2, 0) is 9.53 Å². The molecule has 1 aliphatic rings. The van der Waals surface area contributed by atoms with Gasteiger partial charge in [0.15, 0.2) is 0 Å². The van der Waals surface area contributed by atoms with Crippen LogP contribution in [0.2, 0.25) is 0 Å². The smallest absolute Gasteiger partial charge is 0.337 e. The van der Waals surface area contributed by atoms with E-state index in [0.29, 0.717) is 5.57 Å². The van der Waals surface area contributed by atoms with E-state index in [9.17, 15) is 4.79 Å². The minimum Gasteiger partial charge on any atom is -0.465 e. The number of hydrogen-bond donors (Lipinski definition) is 0. The first-order valence-electron chi connectivity index (χ1n) is 3.39. The molecule has 1 aliphatic carbocycles. The second kappa shape index (κ2) is 3.19. The number of allylic oxidation sites excluding steroid dienone is 3. The van der Waals surface area contributed by atoms with Crippen LogP contribution in [0, 0.1) is 0 Å². The molecule has 0 aromatic carbocycles. The number of rotatable bonds is 2. The van der Waals surface area contributed by atoms with Crippen LogP contribution in [0.5, 0.6) is 0 Å². The third-order valence-corrected chi connectivity index (χ3v) is 1.59. The molecule has 0 saturated carbocycles. The fourth-order valence-corrected chi connectivity index (χ4v) is 0.925. The van der Waals surface area contributed by atoms with Gasteiger partial charge in [-0.3, -0.25) is 0 Å². The van der Waals surface area contributed by atoms with Gasteiger partial charge in [-0.05, 0) is 12.0 Å². The first kappa shape index (κ1) is 7.79. The first-order chi connectivity index (χ1) is 5.25. The second-order valence-electron chi connectivity index (χ2n) is 2.29. The number of methoxy groups -OCH3 is 1. The summed E-state index contributed by atoms with van der Waals surface area (Å²) in [6.07, 6.45) is 6.54. The Balaban J connectivity index is 2.63. The molecular weight excluding hydrogens is 140 g/mol. The van der Waals surface area contributed by atoms with Crippen LogP contribution >= 0.6 is 0 Å². The number of carbonyl (C=O) groups excluding carboxylic acids is 1. The van der Waals surface area contributed by atoms with Crippen LogP contribution in [0.15, 0.2) is 36.0 Å². The van der Waals surface area contributed by atoms with Crippen LogP contribution in [0.4, 0.5) is 0 Å². The van der Waals surface area contributed by atoms with Crippen molar-refractivity contribution in [3.63, 3.8) is 0 Å². The van der Waals surface area contributed by atoms with Crippen LogP contribution in [0.3, 0.4) is 0 Å². The molecule has 0 spiro atoms. The number of ether oxygens (including phenoxy) is 1. The topological polar surface area (TPSA) is 26.3 Å². The number of esters is 1. The fourth-order valence-electron chi connectivity index (χ4n) is 0.925. The second-order valence-corrected chi connectivity index (χ2v) is 2.29. The average Bonchev–Trinajstić information content (AvgIpc) is 2.53. The van der Waals surface area contributed by atoms with Gasteiger partial charge in [0.25, 0.3) is 0 Å². The molecule has 2 heteroatoms. The molecule has 0 heterocycles. The summed E-state index contributed by atoms with van der Waals surface area (Å²) >= 11 is 0. The fraction of sp³-hybridized carbons (Fsp3) is 0.222. The molecule has 0 N–H and O–H groups in total. The van der Waals surface area contributed by atoms with Gasteiger partial charge in [0.1, 0.15) is 0 Å². The summed E-state index contributed by atoms with van der Waals surface area (Å²) in [5, 5.41) is 0. The van der Waals surface area contributed by atoms with E-state index in [-0.39, 0.29) is 5.97 Å². The van der Waals surface area contributed by atoms with Crippen LogP contribution < -0.4 is 0 Å². The van der Waals surface area contributed by atoms with E-state index >= 15 is 0 Å². The molecule has 0 unspecified atom stereocenters. The zero-order valence-corrected chi connectivity index (χ0v) is 6.46. The zero-order valence-electron chi connectivity index (χ0n) is 6.46. The summed E-state index contributed by atoms with van der Waals surface area (Å²) in [7, 11) is 1.36. The van der Waals surface area contributed by atoms with Crippen LogP contribution in [-0.4, -0.2) is 13.1 Å². The molecule has 0 fully saturated rings. The molecule has 1 rings (SSSR count). The van der Waals surface area contributed by atoms with Gasteiger partial charge in [-0.15, -0.1) is 0 Å². The normalized spacial score (nSPS) is 14.5. The van der Waals surface area contributed by atoms with Gasteiger partial charge >= 0.3 is 5.97 Å². The molecular formula is C9H10O2. The van der Waals surface area contributed by atoms with Crippen LogP contribution in [0.25, 0.3) is 0 Å². The van der Waals surface area contributed by atoms with Crippen molar-refractivity contribution in [1.29, 1.82) is 0 Å². The van der Waals surface area contributed by atoms with Crippen molar-refractivity contribution in [2.24, 2.45) is 0 Å². The highest BCUT2D eigenvalue weighted by Gasteiger charge is 2.11. The minimum absolute atomic E-state index is 0.347. The lowest BCUT2D eigenvalue weighted by molar-refractivity contribution is -0.135. The summed E-state index contributed by atoms with van der Waals surface area (Å²) in [5.74, 6) is -0.347. The molecule has 0 aliphatic heterocycles. The molecule has 58 valence electrons. The largest absolute Gasteiger partial charge is 0.465 e. The molecule has 0 aromatic heterocycles. The van der Waals surface area contributed by atoms with Crippen molar-refractivity contribution >= 4 is 5.97 Å². The lowest BCUT2D eigenvalue weighted by atomic mass is 10.1. The van der Waals surface area contributed by atoms with E-state index < -0.39 is 0 Å². The Morgan fingerprint density at radius 3 is 2.91 bits per heavy atom. The first-order valence-corrected chi connectivity index (χ1v) is 3.39. The molecule has 0 atom stereocenters.